The van der Waals surface area contributed by atoms with Gasteiger partial charge in [-0.2, -0.15) is 0 Å². The van der Waals surface area contributed by atoms with Crippen LogP contribution < -0.4 is 5.73 Å². The molecule has 0 saturated heterocycles. The van der Waals surface area contributed by atoms with Crippen LogP contribution in [-0.4, -0.2) is 32.0 Å². The van der Waals surface area contributed by atoms with E-state index in [4.69, 9.17) is 20.6 Å². The summed E-state index contributed by atoms with van der Waals surface area (Å²) in [6, 6.07) is 7.91. The number of rotatable bonds is 8. The third kappa shape index (κ3) is 7.21. The SMILES string of the molecule is Cc1ccc(-c2c(CN)c(CC(C)C)nc(C)c2C(=O)OCc2cnc(C(=O)O)cn2)cc1.Cl.Cl. The summed E-state index contributed by atoms with van der Waals surface area (Å²) in [6.07, 6.45) is 3.15. The van der Waals surface area contributed by atoms with Gasteiger partial charge < -0.3 is 15.6 Å². The molecule has 1 aromatic carbocycles. The molecule has 0 amide bonds. The third-order valence-corrected chi connectivity index (χ3v) is 5.19. The van der Waals surface area contributed by atoms with Crippen LogP contribution in [-0.2, 0) is 24.3 Å². The highest BCUT2D eigenvalue weighted by atomic mass is 35.5. The maximum Gasteiger partial charge on any atom is 0.356 e. The monoisotopic (exact) mass is 520 g/mol. The number of pyridine rings is 1. The predicted molar refractivity (Wildman–Crippen MR) is 138 cm³/mol. The fraction of sp³-hybridized carbons (Fsp3) is 0.320. The quantitative estimate of drug-likeness (QED) is 0.408. The summed E-state index contributed by atoms with van der Waals surface area (Å²) in [5.41, 5.74) is 11.7. The molecule has 3 aromatic rings. The minimum atomic E-state index is -1.17. The first-order valence-electron chi connectivity index (χ1n) is 10.7. The van der Waals surface area contributed by atoms with Gasteiger partial charge in [0.05, 0.1) is 29.3 Å². The van der Waals surface area contributed by atoms with Crippen molar-refractivity contribution in [1.82, 2.24) is 15.0 Å². The molecule has 0 radical (unpaired) electrons. The second-order valence-electron chi connectivity index (χ2n) is 8.31. The van der Waals surface area contributed by atoms with Crippen molar-refractivity contribution in [2.24, 2.45) is 11.7 Å². The molecule has 0 saturated carbocycles. The van der Waals surface area contributed by atoms with Gasteiger partial charge in [-0.25, -0.2) is 14.6 Å². The normalized spacial score (nSPS) is 10.3. The minimum Gasteiger partial charge on any atom is -0.476 e. The Hall–Kier alpha value is -3.07. The Labute approximate surface area is 217 Å². The molecule has 0 aliphatic rings. The van der Waals surface area contributed by atoms with E-state index in [9.17, 15) is 9.59 Å². The first-order chi connectivity index (χ1) is 15.7. The van der Waals surface area contributed by atoms with Gasteiger partial charge in [0.2, 0.25) is 0 Å². The number of carboxylic acids is 1. The lowest BCUT2D eigenvalue weighted by molar-refractivity contribution is 0.0465. The van der Waals surface area contributed by atoms with E-state index in [1.807, 2.05) is 31.2 Å². The van der Waals surface area contributed by atoms with Gasteiger partial charge in [-0.1, -0.05) is 43.7 Å². The maximum absolute atomic E-state index is 13.2. The summed E-state index contributed by atoms with van der Waals surface area (Å²) in [7, 11) is 0. The number of nitrogens with zero attached hydrogens (tertiary/aromatic N) is 3. The van der Waals surface area contributed by atoms with Gasteiger partial charge in [-0.15, -0.1) is 24.8 Å². The standard InChI is InChI=1S/C25H28N4O4.2ClH/c1-14(2)9-20-19(10-26)23(17-7-5-15(3)6-8-17)22(16(4)29-20)25(32)33-13-18-11-28-21(12-27-18)24(30)31;;/h5-8,11-12,14H,9-10,13,26H2,1-4H3,(H,30,31);2*1H. The van der Waals surface area contributed by atoms with Gasteiger partial charge in [-0.05, 0) is 37.3 Å². The Morgan fingerprint density at radius 3 is 2.23 bits per heavy atom. The highest BCUT2D eigenvalue weighted by molar-refractivity contribution is 5.99. The van der Waals surface area contributed by atoms with Crippen molar-refractivity contribution in [3.05, 3.63) is 76.1 Å². The van der Waals surface area contributed by atoms with E-state index in [1.54, 1.807) is 6.92 Å². The molecule has 188 valence electrons. The lowest BCUT2D eigenvalue weighted by Gasteiger charge is -2.20. The lowest BCUT2D eigenvalue weighted by Crippen LogP contribution is -2.17. The maximum atomic E-state index is 13.2. The highest BCUT2D eigenvalue weighted by Crippen LogP contribution is 2.33. The number of hydrogen-bond donors (Lipinski definition) is 2. The molecule has 0 aliphatic heterocycles. The zero-order valence-corrected chi connectivity index (χ0v) is 21.7. The number of aromatic nitrogens is 3. The average Bonchev–Trinajstić information content (AvgIpc) is 2.77. The number of aryl methyl sites for hydroxylation is 2. The Bertz CT molecular complexity index is 1170. The molecule has 0 atom stereocenters. The molecule has 0 fully saturated rings. The zero-order chi connectivity index (χ0) is 24.1. The number of carbonyl (C=O) groups excluding carboxylic acids is 1. The van der Waals surface area contributed by atoms with Gasteiger partial charge in [0, 0.05) is 17.8 Å². The van der Waals surface area contributed by atoms with Gasteiger partial charge in [0.25, 0.3) is 0 Å². The fourth-order valence-corrected chi connectivity index (χ4v) is 3.62. The van der Waals surface area contributed by atoms with Crippen molar-refractivity contribution in [1.29, 1.82) is 0 Å². The van der Waals surface area contributed by atoms with Crippen molar-refractivity contribution in [3.8, 4) is 11.1 Å². The number of aromatic carboxylic acids is 1. The molecule has 0 aliphatic carbocycles. The topological polar surface area (TPSA) is 128 Å². The Morgan fingerprint density at radius 2 is 1.71 bits per heavy atom. The second-order valence-corrected chi connectivity index (χ2v) is 8.31. The molecule has 3 rings (SSSR count). The molecule has 8 nitrogen and oxygen atoms in total. The van der Waals surface area contributed by atoms with E-state index in [0.717, 1.165) is 40.6 Å². The van der Waals surface area contributed by atoms with Crippen LogP contribution >= 0.6 is 24.8 Å². The van der Waals surface area contributed by atoms with E-state index in [0.29, 0.717) is 22.9 Å². The lowest BCUT2D eigenvalue weighted by atomic mass is 9.90. The predicted octanol–water partition coefficient (Wildman–Crippen LogP) is 4.71. The molecule has 2 aromatic heterocycles. The summed E-state index contributed by atoms with van der Waals surface area (Å²) >= 11 is 0. The smallest absolute Gasteiger partial charge is 0.356 e. The summed E-state index contributed by atoms with van der Waals surface area (Å²) < 4.78 is 5.53. The molecular formula is C25H30Cl2N4O4. The van der Waals surface area contributed by atoms with E-state index in [-0.39, 0.29) is 43.7 Å². The van der Waals surface area contributed by atoms with Crippen molar-refractivity contribution in [3.63, 3.8) is 0 Å². The van der Waals surface area contributed by atoms with E-state index >= 15 is 0 Å². The first kappa shape index (κ1) is 30.0. The molecule has 35 heavy (non-hydrogen) atoms. The summed E-state index contributed by atoms with van der Waals surface area (Å²) in [5, 5.41) is 8.95. The number of carboxylic acid groups (broad SMARTS) is 1. The number of hydrogen-bond acceptors (Lipinski definition) is 7. The van der Waals surface area contributed by atoms with E-state index in [1.165, 1.54) is 6.20 Å². The molecule has 3 N–H and O–H groups in total. The van der Waals surface area contributed by atoms with Crippen LogP contribution in [0.2, 0.25) is 0 Å². The molecule has 2 heterocycles. The third-order valence-electron chi connectivity index (χ3n) is 5.19. The van der Waals surface area contributed by atoms with Crippen LogP contribution in [0.25, 0.3) is 11.1 Å². The number of benzene rings is 1. The summed E-state index contributed by atoms with van der Waals surface area (Å²) in [4.78, 5) is 36.7. The van der Waals surface area contributed by atoms with E-state index in [2.05, 4.69) is 23.8 Å². The van der Waals surface area contributed by atoms with Crippen LogP contribution in [0.3, 0.4) is 0 Å². The second kappa shape index (κ2) is 13.1. The Kier molecular flexibility index (Phi) is 11.2. The summed E-state index contributed by atoms with van der Waals surface area (Å²) in [5.74, 6) is -1.35. The van der Waals surface area contributed by atoms with Crippen molar-refractivity contribution in [2.45, 2.75) is 47.3 Å². The van der Waals surface area contributed by atoms with Crippen molar-refractivity contribution < 1.29 is 19.4 Å². The number of esters is 1. The number of nitrogens with two attached hydrogens (primary N) is 1. The van der Waals surface area contributed by atoms with Crippen molar-refractivity contribution >= 4 is 36.8 Å². The number of carbonyl (C=O) groups is 2. The average molecular weight is 521 g/mol. The number of halogens is 2. The molecule has 0 bridgehead atoms. The Morgan fingerprint density at radius 1 is 1.06 bits per heavy atom. The van der Waals surface area contributed by atoms with Crippen molar-refractivity contribution in [2.75, 3.05) is 0 Å². The van der Waals surface area contributed by atoms with Gasteiger partial charge >= 0.3 is 11.9 Å². The Balaban J connectivity index is 0.00000306. The van der Waals surface area contributed by atoms with Gasteiger partial charge in [0.1, 0.15) is 6.61 Å². The van der Waals surface area contributed by atoms with E-state index < -0.39 is 11.9 Å². The van der Waals surface area contributed by atoms with Gasteiger partial charge in [-0.3, -0.25) is 9.97 Å². The first-order valence-corrected chi connectivity index (χ1v) is 10.7. The van der Waals surface area contributed by atoms with Crippen LogP contribution in [0, 0.1) is 19.8 Å². The number of ether oxygens (including phenoxy) is 1. The fourth-order valence-electron chi connectivity index (χ4n) is 3.62. The molecule has 0 unspecified atom stereocenters. The van der Waals surface area contributed by atoms with Crippen LogP contribution in [0.1, 0.15) is 62.9 Å². The molecule has 0 spiro atoms. The summed E-state index contributed by atoms with van der Waals surface area (Å²) in [6.45, 7) is 8.11. The molecule has 10 heteroatoms. The highest BCUT2D eigenvalue weighted by Gasteiger charge is 2.25. The molecular weight excluding hydrogens is 491 g/mol. The van der Waals surface area contributed by atoms with Crippen LogP contribution in [0.15, 0.2) is 36.7 Å². The largest absolute Gasteiger partial charge is 0.476 e. The van der Waals surface area contributed by atoms with Gasteiger partial charge in [0.15, 0.2) is 5.69 Å². The van der Waals surface area contributed by atoms with Crippen LogP contribution in [0.5, 0.6) is 0 Å². The van der Waals surface area contributed by atoms with Crippen LogP contribution in [0.4, 0.5) is 0 Å². The zero-order valence-electron chi connectivity index (χ0n) is 20.1. The minimum absolute atomic E-state index is 0.